The predicted octanol–water partition coefficient (Wildman–Crippen LogP) is 2.51. The first kappa shape index (κ1) is 19.3. The molecule has 3 unspecified atom stereocenters. The Morgan fingerprint density at radius 1 is 1.46 bits per heavy atom. The number of carbonyl (C=O) groups is 2. The van der Waals surface area contributed by atoms with Crippen molar-refractivity contribution >= 4 is 23.4 Å². The van der Waals surface area contributed by atoms with Crippen LogP contribution in [0.4, 0.5) is 4.39 Å². The van der Waals surface area contributed by atoms with E-state index in [1.807, 2.05) is 0 Å². The second kappa shape index (κ2) is 7.29. The van der Waals surface area contributed by atoms with Gasteiger partial charge in [-0.05, 0) is 17.9 Å². The summed E-state index contributed by atoms with van der Waals surface area (Å²) in [6.07, 6.45) is 3.86. The highest BCUT2D eigenvalue weighted by molar-refractivity contribution is 6.22. The van der Waals surface area contributed by atoms with E-state index in [0.29, 0.717) is 12.8 Å². The molecule has 2 N–H and O–H groups in total. The molecule has 4 atom stereocenters. The lowest BCUT2D eigenvalue weighted by Crippen LogP contribution is -2.48. The number of hydroxylamine groups is 1. The van der Waals surface area contributed by atoms with Gasteiger partial charge in [-0.2, -0.15) is 5.48 Å². The second-order valence-electron chi connectivity index (χ2n) is 8.07. The smallest absolute Gasteiger partial charge is 0.245 e. The van der Waals surface area contributed by atoms with Crippen molar-refractivity contribution in [2.75, 3.05) is 0 Å². The molecule has 2 aliphatic heterocycles. The number of nitrogens with zero attached hydrogens (tertiary/aromatic N) is 1. The van der Waals surface area contributed by atoms with E-state index in [9.17, 15) is 14.0 Å². The first-order valence-electron chi connectivity index (χ1n) is 8.91. The largest absolute Gasteiger partial charge is 0.327 e. The topological polar surface area (TPSA) is 70.7 Å². The van der Waals surface area contributed by atoms with Crippen LogP contribution >= 0.6 is 11.6 Å². The Morgan fingerprint density at radius 3 is 2.81 bits per heavy atom. The molecule has 2 amide bonds. The number of nitrogens with one attached hydrogen (secondary N) is 2. The number of hydrogen-bond acceptors (Lipinski definition) is 4. The number of likely N-dealkylation sites (tertiary alicyclic amines) is 1. The number of rotatable bonds is 3. The first-order valence-corrected chi connectivity index (χ1v) is 9.35. The molecule has 0 spiro atoms. The van der Waals surface area contributed by atoms with Gasteiger partial charge in [-0.25, -0.2) is 4.39 Å². The van der Waals surface area contributed by atoms with Crippen molar-refractivity contribution in [3.63, 3.8) is 0 Å². The molecule has 0 saturated carbocycles. The molecule has 6 nitrogen and oxygen atoms in total. The number of halogens is 2. The average molecular weight is 386 g/mol. The number of alkyl halides is 1. The van der Waals surface area contributed by atoms with Crippen LogP contribution in [-0.2, 0) is 14.4 Å². The van der Waals surface area contributed by atoms with Crippen molar-refractivity contribution in [2.45, 2.75) is 70.1 Å². The molecule has 0 aromatic rings. The van der Waals surface area contributed by atoms with Gasteiger partial charge in [0, 0.05) is 25.3 Å². The van der Waals surface area contributed by atoms with Crippen LogP contribution < -0.4 is 10.8 Å². The van der Waals surface area contributed by atoms with Crippen LogP contribution in [0.25, 0.3) is 0 Å². The molecular formula is C18H25ClFN3O3. The number of allylic oxidation sites excluding steroid dienone is 3. The molecule has 26 heavy (non-hydrogen) atoms. The molecular weight excluding hydrogens is 361 g/mol. The lowest BCUT2D eigenvalue weighted by Gasteiger charge is -2.28. The fourth-order valence-corrected chi connectivity index (χ4v) is 3.63. The normalized spacial score (nSPS) is 32.5. The lowest BCUT2D eigenvalue weighted by atomic mass is 9.85. The Labute approximate surface area is 157 Å². The van der Waals surface area contributed by atoms with Crippen molar-refractivity contribution in [1.29, 1.82) is 0 Å². The Hall–Kier alpha value is -1.44. The molecule has 0 bridgehead atoms. The van der Waals surface area contributed by atoms with Gasteiger partial charge in [0.25, 0.3) is 0 Å². The second-order valence-corrected chi connectivity index (χ2v) is 8.64. The van der Waals surface area contributed by atoms with E-state index in [4.69, 9.17) is 16.4 Å². The fraction of sp³-hybridized carbons (Fsp3) is 0.667. The fourth-order valence-electron chi connectivity index (χ4n) is 3.42. The number of amides is 2. The third kappa shape index (κ3) is 3.94. The van der Waals surface area contributed by atoms with Crippen LogP contribution in [0.2, 0.25) is 0 Å². The Bertz CT molecular complexity index is 659. The summed E-state index contributed by atoms with van der Waals surface area (Å²) in [5, 5.41) is 2.39. The molecule has 3 rings (SSSR count). The van der Waals surface area contributed by atoms with Gasteiger partial charge in [0.15, 0.2) is 6.23 Å². The van der Waals surface area contributed by atoms with Crippen molar-refractivity contribution in [3.8, 4) is 0 Å². The zero-order valence-electron chi connectivity index (χ0n) is 15.2. The summed E-state index contributed by atoms with van der Waals surface area (Å²) >= 11 is 5.92. The summed E-state index contributed by atoms with van der Waals surface area (Å²) in [5.74, 6) is -1.06. The molecule has 2 saturated heterocycles. The highest BCUT2D eigenvalue weighted by atomic mass is 35.5. The third-order valence-corrected chi connectivity index (χ3v) is 5.34. The van der Waals surface area contributed by atoms with Gasteiger partial charge in [-0.1, -0.05) is 26.8 Å². The van der Waals surface area contributed by atoms with E-state index in [0.717, 1.165) is 0 Å². The van der Waals surface area contributed by atoms with Crippen LogP contribution in [0.5, 0.6) is 0 Å². The monoisotopic (exact) mass is 385 g/mol. The van der Waals surface area contributed by atoms with E-state index in [2.05, 4.69) is 31.6 Å². The summed E-state index contributed by atoms with van der Waals surface area (Å²) in [7, 11) is 0. The van der Waals surface area contributed by atoms with Gasteiger partial charge in [-0.3, -0.25) is 19.3 Å². The minimum atomic E-state index is -0.739. The van der Waals surface area contributed by atoms with E-state index in [-0.39, 0.29) is 41.8 Å². The van der Waals surface area contributed by atoms with Crippen molar-refractivity contribution in [2.24, 2.45) is 5.41 Å². The van der Waals surface area contributed by atoms with Gasteiger partial charge >= 0.3 is 0 Å². The maximum atomic E-state index is 14.3. The van der Waals surface area contributed by atoms with Crippen LogP contribution in [0.1, 0.15) is 46.5 Å². The lowest BCUT2D eigenvalue weighted by molar-refractivity contribution is -0.135. The van der Waals surface area contributed by atoms with Gasteiger partial charge in [0.2, 0.25) is 11.8 Å². The van der Waals surface area contributed by atoms with Crippen molar-refractivity contribution < 1.29 is 18.8 Å². The maximum absolute atomic E-state index is 14.3. The molecule has 1 aliphatic carbocycles. The van der Waals surface area contributed by atoms with E-state index >= 15 is 0 Å². The molecule has 0 radical (unpaired) electrons. The standard InChI is InChI=1S/C18H25ClFN3O3/c1-18(2,3)14-9-15(26-22-14)21-17(25)13-6-7-16(24)23(13)12-5-4-10(19)8-11(12)20/h4-5,10,13-15,22H,6-9H2,1-3H3,(H,21,25)/t10?,13-,14?,15?/m0/s1. The molecule has 3 aliphatic rings. The number of hydrogen-bond donors (Lipinski definition) is 2. The summed E-state index contributed by atoms with van der Waals surface area (Å²) in [6.45, 7) is 6.26. The van der Waals surface area contributed by atoms with Crippen LogP contribution in [0.15, 0.2) is 23.7 Å². The average Bonchev–Trinajstić information content (AvgIpc) is 3.14. The molecule has 0 aromatic heterocycles. The zero-order valence-corrected chi connectivity index (χ0v) is 16.0. The number of carbonyl (C=O) groups excluding carboxylic acids is 2. The first-order chi connectivity index (χ1) is 12.2. The minimum Gasteiger partial charge on any atom is -0.327 e. The highest BCUT2D eigenvalue weighted by Crippen LogP contribution is 2.32. The van der Waals surface area contributed by atoms with Gasteiger partial charge < -0.3 is 5.32 Å². The molecule has 2 heterocycles. The third-order valence-electron chi connectivity index (χ3n) is 5.04. The highest BCUT2D eigenvalue weighted by Gasteiger charge is 2.41. The van der Waals surface area contributed by atoms with Crippen molar-refractivity contribution in [1.82, 2.24) is 15.7 Å². The minimum absolute atomic E-state index is 0.00618. The van der Waals surface area contributed by atoms with E-state index < -0.39 is 23.5 Å². The summed E-state index contributed by atoms with van der Waals surface area (Å²) in [5.41, 5.74) is 3.08. The summed E-state index contributed by atoms with van der Waals surface area (Å²) < 4.78 is 14.3. The summed E-state index contributed by atoms with van der Waals surface area (Å²) in [6, 6.07) is -0.631. The predicted molar refractivity (Wildman–Crippen MR) is 95.4 cm³/mol. The molecule has 8 heteroatoms. The van der Waals surface area contributed by atoms with Crippen LogP contribution in [-0.4, -0.2) is 40.4 Å². The van der Waals surface area contributed by atoms with Crippen LogP contribution in [0, 0.1) is 5.41 Å². The SMILES string of the molecule is CC(C)(C)C1CC(NC(=O)[C@@H]2CCC(=O)N2C2=C(F)CC(Cl)C=C2)ON1. The molecule has 144 valence electrons. The summed E-state index contributed by atoms with van der Waals surface area (Å²) in [4.78, 5) is 31.7. The Morgan fingerprint density at radius 2 is 2.19 bits per heavy atom. The van der Waals surface area contributed by atoms with Gasteiger partial charge in [0.1, 0.15) is 11.9 Å². The van der Waals surface area contributed by atoms with E-state index in [1.165, 1.54) is 11.0 Å². The Kier molecular flexibility index (Phi) is 5.42. The van der Waals surface area contributed by atoms with Crippen molar-refractivity contribution in [3.05, 3.63) is 23.7 Å². The molecule has 0 aromatic carbocycles. The van der Waals surface area contributed by atoms with Crippen LogP contribution in [0.3, 0.4) is 0 Å². The zero-order chi connectivity index (χ0) is 19.1. The Balaban J connectivity index is 1.68. The van der Waals surface area contributed by atoms with Gasteiger partial charge in [-0.15, -0.1) is 11.6 Å². The van der Waals surface area contributed by atoms with E-state index in [1.54, 1.807) is 6.08 Å². The van der Waals surface area contributed by atoms with Gasteiger partial charge in [0.05, 0.1) is 11.1 Å². The molecule has 2 fully saturated rings. The maximum Gasteiger partial charge on any atom is 0.245 e. The quantitative estimate of drug-likeness (QED) is 0.732.